The lowest BCUT2D eigenvalue weighted by molar-refractivity contribution is 1.21. The van der Waals surface area contributed by atoms with E-state index in [4.69, 9.17) is 28.8 Å². The third-order valence-corrected chi connectivity index (χ3v) is 5.03. The molecule has 3 heterocycles. The number of nitrogen functional groups attached to an aromatic ring is 2. The molecule has 3 aromatic heterocycles. The van der Waals surface area contributed by atoms with E-state index in [1.54, 1.807) is 0 Å². The first kappa shape index (κ1) is 19.0. The van der Waals surface area contributed by atoms with Crippen LogP contribution in [0.4, 0.5) is 16.8 Å². The van der Waals surface area contributed by atoms with Gasteiger partial charge in [-0.25, -0.2) is 24.9 Å². The third-order valence-electron chi connectivity index (χ3n) is 2.81. The van der Waals surface area contributed by atoms with Gasteiger partial charge in [0.05, 0.1) is 22.6 Å². The summed E-state index contributed by atoms with van der Waals surface area (Å²) in [6.45, 7) is 1.88. The normalized spacial score (nSPS) is 10.7. The quantitative estimate of drug-likeness (QED) is 0.384. The fourth-order valence-corrected chi connectivity index (χ4v) is 3.71. The molecule has 0 saturated heterocycles. The molecule has 9 nitrogen and oxygen atoms in total. The topological polar surface area (TPSA) is 168 Å². The highest BCUT2D eigenvalue weighted by molar-refractivity contribution is 7.19. The first-order valence-electron chi connectivity index (χ1n) is 6.83. The second kappa shape index (κ2) is 8.16. The van der Waals surface area contributed by atoms with Gasteiger partial charge in [-0.1, -0.05) is 22.9 Å². The van der Waals surface area contributed by atoms with Gasteiger partial charge in [0.25, 0.3) is 0 Å². The summed E-state index contributed by atoms with van der Waals surface area (Å²) in [5.41, 5.74) is 23.2. The lowest BCUT2D eigenvalue weighted by Crippen LogP contribution is -2.02. The molecule has 0 aliphatic carbocycles. The number of hydrogen-bond donors (Lipinski definition) is 4. The predicted octanol–water partition coefficient (Wildman–Crippen LogP) is 2.04. The van der Waals surface area contributed by atoms with Crippen molar-refractivity contribution in [2.45, 2.75) is 6.92 Å². The number of anilines is 2. The van der Waals surface area contributed by atoms with Crippen LogP contribution in [0.5, 0.6) is 0 Å². The second-order valence-electron chi connectivity index (χ2n) is 4.36. The van der Waals surface area contributed by atoms with E-state index in [1.165, 1.54) is 36.1 Å². The molecule has 0 aromatic carbocycles. The Balaban J connectivity index is 0.00000109. The summed E-state index contributed by atoms with van der Waals surface area (Å²) in [6, 6.07) is 0. The van der Waals surface area contributed by atoms with E-state index in [0.717, 1.165) is 16.3 Å². The van der Waals surface area contributed by atoms with Gasteiger partial charge in [0.15, 0.2) is 16.8 Å². The van der Waals surface area contributed by atoms with E-state index in [1.807, 2.05) is 12.3 Å². The van der Waals surface area contributed by atoms with Crippen molar-refractivity contribution < 1.29 is 0 Å². The van der Waals surface area contributed by atoms with Crippen LogP contribution in [0, 0.1) is 6.92 Å². The first-order valence-corrected chi connectivity index (χ1v) is 8.91. The fraction of sp³-hybridized carbons (Fsp3) is 0.154. The van der Waals surface area contributed by atoms with Crippen LogP contribution in [0.15, 0.2) is 10.4 Å². The number of rotatable bonds is 3. The zero-order valence-electron chi connectivity index (χ0n) is 13.4. The Kier molecular flexibility index (Phi) is 6.20. The highest BCUT2D eigenvalue weighted by atomic mass is 35.5. The van der Waals surface area contributed by atoms with Crippen molar-refractivity contribution in [2.24, 2.45) is 16.5 Å². The number of hydrogen-bond acceptors (Lipinski definition) is 10. The van der Waals surface area contributed by atoms with E-state index in [-0.39, 0.29) is 16.8 Å². The molecule has 132 valence electrons. The smallest absolute Gasteiger partial charge is 0.211 e. The number of aliphatic imine (C=N–C) groups is 1. The van der Waals surface area contributed by atoms with Gasteiger partial charge in [-0.05, 0) is 14.0 Å². The summed E-state index contributed by atoms with van der Waals surface area (Å²) in [4.78, 5) is 21.9. The summed E-state index contributed by atoms with van der Waals surface area (Å²) in [5.74, 6) is 0.273. The molecule has 25 heavy (non-hydrogen) atoms. The van der Waals surface area contributed by atoms with Crippen LogP contribution in [0.1, 0.15) is 5.69 Å². The Morgan fingerprint density at radius 1 is 1.12 bits per heavy atom. The minimum absolute atomic E-state index is 0.0901. The molecule has 0 aliphatic heterocycles. The summed E-state index contributed by atoms with van der Waals surface area (Å²) < 4.78 is 0. The van der Waals surface area contributed by atoms with Crippen LogP contribution in [0.25, 0.3) is 21.3 Å². The summed E-state index contributed by atoms with van der Waals surface area (Å²) in [6.07, 6.45) is 1.21. The van der Waals surface area contributed by atoms with Crippen molar-refractivity contribution in [3.05, 3.63) is 16.2 Å². The largest absolute Gasteiger partial charge is 0.390 e. The van der Waals surface area contributed by atoms with Crippen molar-refractivity contribution in [3.63, 3.8) is 0 Å². The van der Waals surface area contributed by atoms with Crippen molar-refractivity contribution in [1.29, 1.82) is 0 Å². The standard InChI is InChI=1S/C12H11ClN8S2.CH5N/c1-4-7(23-12(18-4)17-3-14)5-2-22-11(19-5)6-9(15)21-10(16)8(13)20-6;1-2/h2-3H,1H3,(H2,14,17,18)(H4,15,16,21);2H2,1H3. The average molecular weight is 398 g/mol. The lowest BCUT2D eigenvalue weighted by Gasteiger charge is -2.03. The zero-order chi connectivity index (χ0) is 18.6. The summed E-state index contributed by atoms with van der Waals surface area (Å²) >= 11 is 8.69. The number of nitrogens with two attached hydrogens (primary N) is 4. The molecule has 8 N–H and O–H groups in total. The van der Waals surface area contributed by atoms with Gasteiger partial charge in [-0.15, -0.1) is 11.3 Å². The number of halogens is 1. The van der Waals surface area contributed by atoms with E-state index in [2.05, 4.69) is 30.7 Å². The molecular formula is C13H16ClN9S2. The van der Waals surface area contributed by atoms with Gasteiger partial charge in [0.2, 0.25) is 5.13 Å². The van der Waals surface area contributed by atoms with Crippen LogP contribution in [0.3, 0.4) is 0 Å². The van der Waals surface area contributed by atoms with Crippen LogP contribution < -0.4 is 22.9 Å². The Morgan fingerprint density at radius 3 is 2.52 bits per heavy atom. The number of aryl methyl sites for hydroxylation is 1. The van der Waals surface area contributed by atoms with E-state index < -0.39 is 0 Å². The molecule has 3 rings (SSSR count). The van der Waals surface area contributed by atoms with Gasteiger partial charge in [0.1, 0.15) is 10.7 Å². The number of aromatic nitrogens is 4. The van der Waals surface area contributed by atoms with Crippen LogP contribution in [-0.4, -0.2) is 33.3 Å². The highest BCUT2D eigenvalue weighted by Gasteiger charge is 2.17. The Bertz CT molecular complexity index is 903. The van der Waals surface area contributed by atoms with E-state index >= 15 is 0 Å². The minimum atomic E-state index is 0.0901. The van der Waals surface area contributed by atoms with Gasteiger partial charge < -0.3 is 22.9 Å². The zero-order valence-corrected chi connectivity index (χ0v) is 15.8. The van der Waals surface area contributed by atoms with Gasteiger partial charge in [-0.3, -0.25) is 0 Å². The molecule has 0 aliphatic rings. The molecule has 0 radical (unpaired) electrons. The minimum Gasteiger partial charge on any atom is -0.390 e. The van der Waals surface area contributed by atoms with Crippen LogP contribution in [-0.2, 0) is 0 Å². The fourth-order valence-electron chi connectivity index (χ4n) is 1.82. The highest BCUT2D eigenvalue weighted by Crippen LogP contribution is 2.37. The number of nitrogens with zero attached hydrogens (tertiary/aromatic N) is 5. The Labute approximate surface area is 156 Å². The molecule has 0 bridgehead atoms. The summed E-state index contributed by atoms with van der Waals surface area (Å²) in [5, 5.41) is 3.16. The maximum Gasteiger partial charge on any atom is 0.211 e. The molecule has 0 atom stereocenters. The average Bonchev–Trinajstić information content (AvgIpc) is 3.20. The van der Waals surface area contributed by atoms with Crippen LogP contribution in [0.2, 0.25) is 5.15 Å². The number of thiazole rings is 2. The van der Waals surface area contributed by atoms with Gasteiger partial charge in [0, 0.05) is 5.38 Å². The third kappa shape index (κ3) is 4.02. The van der Waals surface area contributed by atoms with Gasteiger partial charge >= 0.3 is 0 Å². The molecule has 0 spiro atoms. The second-order valence-corrected chi connectivity index (χ2v) is 6.55. The molecule has 0 fully saturated rings. The Hall–Kier alpha value is -2.34. The van der Waals surface area contributed by atoms with Crippen molar-refractivity contribution in [2.75, 3.05) is 18.5 Å². The Morgan fingerprint density at radius 2 is 1.84 bits per heavy atom. The summed E-state index contributed by atoms with van der Waals surface area (Å²) in [7, 11) is 1.50. The van der Waals surface area contributed by atoms with Crippen molar-refractivity contribution in [1.82, 2.24) is 19.9 Å². The molecule has 0 saturated carbocycles. The van der Waals surface area contributed by atoms with Gasteiger partial charge in [-0.2, -0.15) is 0 Å². The van der Waals surface area contributed by atoms with Crippen molar-refractivity contribution in [3.8, 4) is 21.3 Å². The molecule has 12 heteroatoms. The van der Waals surface area contributed by atoms with Crippen LogP contribution >= 0.6 is 34.3 Å². The maximum absolute atomic E-state index is 5.91. The molecule has 0 amide bonds. The molecule has 3 aromatic rings. The SMILES string of the molecule is CN.Cc1nc(/N=C\N)sc1-c1csc(-c2nc(Cl)c(N)nc2N)n1. The van der Waals surface area contributed by atoms with Crippen molar-refractivity contribution >= 4 is 57.4 Å². The lowest BCUT2D eigenvalue weighted by atomic mass is 10.3. The maximum atomic E-state index is 5.91. The monoisotopic (exact) mass is 397 g/mol. The molecule has 0 unspecified atom stereocenters. The van der Waals surface area contributed by atoms with E-state index in [9.17, 15) is 0 Å². The molecular weight excluding hydrogens is 382 g/mol. The first-order chi connectivity index (χ1) is 12.0. The van der Waals surface area contributed by atoms with E-state index in [0.29, 0.717) is 15.8 Å². The predicted molar refractivity (Wildman–Crippen MR) is 105 cm³/mol.